The number of amides is 1. The van der Waals surface area contributed by atoms with E-state index in [9.17, 15) is 9.59 Å². The van der Waals surface area contributed by atoms with Crippen LogP contribution in [0, 0.1) is 0 Å². The van der Waals surface area contributed by atoms with Gasteiger partial charge in [-0.25, -0.2) is 4.99 Å². The Morgan fingerprint density at radius 3 is 2.58 bits per heavy atom. The van der Waals surface area contributed by atoms with Gasteiger partial charge in [0, 0.05) is 33.0 Å². The molecule has 0 unspecified atom stereocenters. The van der Waals surface area contributed by atoms with Crippen LogP contribution in [0.15, 0.2) is 41.5 Å². The van der Waals surface area contributed by atoms with E-state index in [0.29, 0.717) is 25.2 Å². The number of ketones is 1. The SMILES string of the molecule is CCC(=O)CCCCC[C@H](NC(=O)C[NH2+]N(C)C)C1=NC=C(c2cc(OC)c3ccccc3[nH+]2)[NH2+]1.[Cl-].[Cl-].[Cl-]. The van der Waals surface area contributed by atoms with Gasteiger partial charge >= 0.3 is 0 Å². The second kappa shape index (κ2) is 18.1. The van der Waals surface area contributed by atoms with Crippen molar-refractivity contribution in [3.63, 3.8) is 0 Å². The molecule has 3 rings (SSSR count). The number of H-pyrrole nitrogens is 1. The number of nitrogens with two attached hydrogens (primary N) is 2. The normalized spacial score (nSPS) is 13.0. The van der Waals surface area contributed by atoms with Gasteiger partial charge in [-0.1, -0.05) is 31.9 Å². The van der Waals surface area contributed by atoms with Crippen molar-refractivity contribution >= 4 is 34.1 Å². The number of para-hydroxylation sites is 1. The zero-order chi connectivity index (χ0) is 25.2. The van der Waals surface area contributed by atoms with Crippen LogP contribution in [0.25, 0.3) is 16.6 Å². The molecule has 1 aliphatic heterocycles. The van der Waals surface area contributed by atoms with E-state index < -0.39 is 0 Å². The van der Waals surface area contributed by atoms with Gasteiger partial charge in [0.25, 0.3) is 11.6 Å². The molecule has 0 bridgehead atoms. The van der Waals surface area contributed by atoms with Crippen molar-refractivity contribution in [2.75, 3.05) is 27.7 Å². The number of nitrogens with one attached hydrogen (secondary N) is 2. The summed E-state index contributed by atoms with van der Waals surface area (Å²) in [6.07, 6.45) is 6.58. The van der Waals surface area contributed by atoms with Crippen LogP contribution in [-0.2, 0) is 9.59 Å². The molecule has 2 heterocycles. The number of rotatable bonds is 14. The van der Waals surface area contributed by atoms with Crippen molar-refractivity contribution in [2.45, 2.75) is 51.5 Å². The molecule has 0 saturated carbocycles. The van der Waals surface area contributed by atoms with Gasteiger partial charge in [-0.3, -0.25) is 20.3 Å². The van der Waals surface area contributed by atoms with Gasteiger partial charge in [0.15, 0.2) is 6.54 Å². The highest BCUT2D eigenvalue weighted by Crippen LogP contribution is 2.24. The van der Waals surface area contributed by atoms with E-state index in [1.54, 1.807) is 7.11 Å². The standard InChI is InChI=1S/C26H36N6O3.3ClH/c1-5-18(33)11-7-6-8-14-21(30-25(34)17-28-32(2)3)26-27-16-23(31-26)22-15-24(35-4)19-12-9-10-13-20(19)29-22;;;/h9-10,12-13,15-16,21,28H,5-8,11,14,17H2,1-4H3,(H,27,31)(H,30,34);3*1H/t21-;;;/m0.../s1. The maximum atomic E-state index is 12.6. The molecular formula is C26H39Cl3N6O3. The number of fused-ring (bicyclic) bond motifs is 1. The number of Topliss-reactive ketones (excluding diaryl/α,β-unsaturated/α-hetero) is 1. The number of benzene rings is 1. The number of aliphatic imine (C=N–C) groups is 1. The zero-order valence-corrected chi connectivity index (χ0v) is 24.7. The lowest BCUT2D eigenvalue weighted by Gasteiger charge is -2.17. The predicted octanol–water partition coefficient (Wildman–Crippen LogP) is -8.60. The fourth-order valence-corrected chi connectivity index (χ4v) is 4.07. The fourth-order valence-electron chi connectivity index (χ4n) is 4.07. The molecule has 12 heteroatoms. The monoisotopic (exact) mass is 588 g/mol. The molecule has 1 amide bonds. The van der Waals surface area contributed by atoms with Crippen LogP contribution in [-0.4, -0.2) is 56.3 Å². The van der Waals surface area contributed by atoms with Gasteiger partial charge in [0.05, 0.1) is 18.6 Å². The lowest BCUT2D eigenvalue weighted by molar-refractivity contribution is -0.785. The number of aromatic nitrogens is 1. The minimum atomic E-state index is -0.184. The van der Waals surface area contributed by atoms with Gasteiger partial charge in [-0.05, 0) is 18.9 Å². The lowest BCUT2D eigenvalue weighted by atomic mass is 10.0. The lowest BCUT2D eigenvalue weighted by Crippen LogP contribution is -3.00. The molecule has 2 aromatic rings. The molecule has 0 radical (unpaired) electrons. The number of amidine groups is 1. The van der Waals surface area contributed by atoms with Crippen molar-refractivity contribution in [1.82, 2.24) is 10.3 Å². The van der Waals surface area contributed by atoms with Gasteiger partial charge in [-0.15, -0.1) is 0 Å². The number of unbranched alkanes of at least 4 members (excludes halogenated alkanes) is 2. The number of aromatic amines is 1. The summed E-state index contributed by atoms with van der Waals surface area (Å²) in [5.41, 5.74) is 4.68. The number of hydrogen-bond donors (Lipinski definition) is 3. The largest absolute Gasteiger partial charge is 1.00 e. The minimum absolute atomic E-state index is 0. The molecule has 212 valence electrons. The van der Waals surface area contributed by atoms with Crippen LogP contribution in [0.3, 0.4) is 0 Å². The maximum absolute atomic E-state index is 12.6. The molecule has 0 saturated heterocycles. The number of carbonyl (C=O) groups excluding carboxylic acids is 2. The third-order valence-corrected chi connectivity index (χ3v) is 6.10. The van der Waals surface area contributed by atoms with Crippen molar-refractivity contribution in [3.05, 3.63) is 42.2 Å². The van der Waals surface area contributed by atoms with Crippen molar-refractivity contribution < 1.29 is 67.3 Å². The maximum Gasteiger partial charge on any atom is 0.277 e. The molecular weight excluding hydrogens is 551 g/mol. The van der Waals surface area contributed by atoms with Gasteiger partial charge in [0.2, 0.25) is 17.0 Å². The van der Waals surface area contributed by atoms with E-state index in [-0.39, 0.29) is 49.2 Å². The Bertz CT molecular complexity index is 1110. The summed E-state index contributed by atoms with van der Waals surface area (Å²) in [6, 6.07) is 9.81. The fraction of sp³-hybridized carbons (Fsp3) is 0.462. The Morgan fingerprint density at radius 1 is 1.16 bits per heavy atom. The Labute approximate surface area is 243 Å². The van der Waals surface area contributed by atoms with E-state index in [2.05, 4.69) is 15.3 Å². The first kappa shape index (κ1) is 35.7. The highest BCUT2D eigenvalue weighted by Gasteiger charge is 2.30. The average molecular weight is 590 g/mol. The number of carbonyl (C=O) groups is 2. The molecule has 1 atom stereocenters. The molecule has 1 aromatic heterocycles. The quantitative estimate of drug-likeness (QED) is 0.115. The van der Waals surface area contributed by atoms with Gasteiger partial charge in [-0.2, -0.15) is 9.99 Å². The molecule has 0 spiro atoms. The number of nitrogens with zero attached hydrogens (tertiary/aromatic N) is 2. The third kappa shape index (κ3) is 10.5. The van der Waals surface area contributed by atoms with E-state index in [4.69, 9.17) is 4.74 Å². The number of ether oxygens (including phenoxy) is 1. The van der Waals surface area contributed by atoms with Crippen LogP contribution in [0.2, 0.25) is 0 Å². The molecule has 1 aliphatic rings. The first-order valence-electron chi connectivity index (χ1n) is 12.3. The van der Waals surface area contributed by atoms with E-state index in [1.165, 1.54) is 0 Å². The number of halogens is 3. The van der Waals surface area contributed by atoms with Crippen molar-refractivity contribution in [1.29, 1.82) is 0 Å². The first-order chi connectivity index (χ1) is 16.9. The van der Waals surface area contributed by atoms with E-state index >= 15 is 0 Å². The molecule has 1 aromatic carbocycles. The van der Waals surface area contributed by atoms with E-state index in [0.717, 1.165) is 59.6 Å². The number of methoxy groups -OCH3 is 1. The smallest absolute Gasteiger partial charge is 0.277 e. The van der Waals surface area contributed by atoms with Crippen LogP contribution in [0.1, 0.15) is 51.1 Å². The van der Waals surface area contributed by atoms with Crippen molar-refractivity contribution in [2.24, 2.45) is 4.99 Å². The molecule has 0 aliphatic carbocycles. The molecule has 9 nitrogen and oxygen atoms in total. The third-order valence-electron chi connectivity index (χ3n) is 6.10. The highest BCUT2D eigenvalue weighted by molar-refractivity contribution is 5.90. The second-order valence-electron chi connectivity index (χ2n) is 9.04. The first-order valence-corrected chi connectivity index (χ1v) is 12.3. The summed E-state index contributed by atoms with van der Waals surface area (Å²) < 4.78 is 5.61. The Morgan fingerprint density at radius 2 is 1.89 bits per heavy atom. The average Bonchev–Trinajstić information content (AvgIpc) is 3.36. The van der Waals surface area contributed by atoms with Crippen LogP contribution in [0.4, 0.5) is 0 Å². The van der Waals surface area contributed by atoms with Crippen molar-refractivity contribution in [3.8, 4) is 5.75 Å². The predicted molar refractivity (Wildman–Crippen MR) is 135 cm³/mol. The minimum Gasteiger partial charge on any atom is -1.00 e. The zero-order valence-electron chi connectivity index (χ0n) is 22.4. The molecule has 0 fully saturated rings. The summed E-state index contributed by atoms with van der Waals surface area (Å²) >= 11 is 0. The summed E-state index contributed by atoms with van der Waals surface area (Å²) in [7, 11) is 5.48. The Balaban J connectivity index is 0.00000456. The van der Waals surface area contributed by atoms with Crippen LogP contribution >= 0.6 is 0 Å². The summed E-state index contributed by atoms with van der Waals surface area (Å²) in [5, 5.41) is 8.08. The van der Waals surface area contributed by atoms with Gasteiger partial charge in [0.1, 0.15) is 23.8 Å². The van der Waals surface area contributed by atoms with Crippen LogP contribution in [0.5, 0.6) is 5.75 Å². The molecule has 6 N–H and O–H groups in total. The number of hydrogen-bond acceptors (Lipinski definition) is 5. The van der Waals surface area contributed by atoms with Crippen LogP contribution < -0.4 is 63.0 Å². The summed E-state index contributed by atoms with van der Waals surface area (Å²) in [4.78, 5) is 32.3. The van der Waals surface area contributed by atoms with Gasteiger partial charge < -0.3 is 47.3 Å². The van der Waals surface area contributed by atoms with E-state index in [1.807, 2.05) is 73.3 Å². The Hall–Kier alpha value is -2.27. The summed E-state index contributed by atoms with van der Waals surface area (Å²) in [6.45, 7) is 2.22. The topological polar surface area (TPSA) is 118 Å². The molecule has 38 heavy (non-hydrogen) atoms. The Kier molecular flexibility index (Phi) is 17.0. The summed E-state index contributed by atoms with van der Waals surface area (Å²) in [5.74, 6) is 1.90. The number of quaternary nitrogens is 2. The second-order valence-corrected chi connectivity index (χ2v) is 9.04. The highest BCUT2D eigenvalue weighted by atomic mass is 35.5. The number of pyridine rings is 1.